The average Bonchev–Trinajstić information content (AvgIpc) is 3.19. The fraction of sp³-hybridized carbons (Fsp3) is 0.625. The average molecular weight is 258 g/mol. The van der Waals surface area contributed by atoms with Gasteiger partial charge in [-0.15, -0.1) is 0 Å². The number of hydrogen-bond donors (Lipinski definition) is 1. The molecule has 0 aromatic heterocycles. The molecule has 1 heterocycles. The van der Waals surface area contributed by atoms with E-state index in [-0.39, 0.29) is 0 Å². The highest BCUT2D eigenvalue weighted by molar-refractivity contribution is 5.75. The zero-order valence-corrected chi connectivity index (χ0v) is 11.4. The first-order chi connectivity index (χ1) is 9.28. The van der Waals surface area contributed by atoms with E-state index < -0.39 is 5.72 Å². The second-order valence-corrected chi connectivity index (χ2v) is 6.25. The van der Waals surface area contributed by atoms with Crippen LogP contribution in [0.3, 0.4) is 0 Å². The molecule has 1 aromatic carbocycles. The molecule has 0 bridgehead atoms. The second kappa shape index (κ2) is 4.14. The minimum atomic E-state index is -0.592. The van der Waals surface area contributed by atoms with Crippen LogP contribution >= 0.6 is 0 Å². The summed E-state index contributed by atoms with van der Waals surface area (Å²) in [6.07, 6.45) is 6.82. The quantitative estimate of drug-likeness (QED) is 0.883. The first kappa shape index (κ1) is 11.6. The SMILES string of the molecule is OC1(N2CCN(C3CC3)c3ccccc32)CCCC1. The number of benzene rings is 1. The van der Waals surface area contributed by atoms with E-state index in [4.69, 9.17) is 0 Å². The number of aliphatic hydroxyl groups is 1. The summed E-state index contributed by atoms with van der Waals surface area (Å²) < 4.78 is 0. The van der Waals surface area contributed by atoms with Gasteiger partial charge in [0.1, 0.15) is 5.72 Å². The summed E-state index contributed by atoms with van der Waals surface area (Å²) in [5.41, 5.74) is 1.98. The van der Waals surface area contributed by atoms with Crippen molar-refractivity contribution in [3.63, 3.8) is 0 Å². The van der Waals surface area contributed by atoms with E-state index in [0.29, 0.717) is 0 Å². The maximum absolute atomic E-state index is 10.9. The minimum absolute atomic E-state index is 0.592. The van der Waals surface area contributed by atoms with Gasteiger partial charge in [0, 0.05) is 19.1 Å². The van der Waals surface area contributed by atoms with E-state index in [1.54, 1.807) is 0 Å². The highest BCUT2D eigenvalue weighted by atomic mass is 16.3. The van der Waals surface area contributed by atoms with E-state index in [2.05, 4.69) is 34.1 Å². The van der Waals surface area contributed by atoms with Gasteiger partial charge < -0.3 is 14.9 Å². The van der Waals surface area contributed by atoms with Crippen LogP contribution in [0.2, 0.25) is 0 Å². The standard InChI is InChI=1S/C16H22N2O/c19-16(9-3-4-10-16)18-12-11-17(13-7-8-13)14-5-1-2-6-15(14)18/h1-2,5-6,13,19H,3-4,7-12H2. The van der Waals surface area contributed by atoms with Crippen molar-refractivity contribution in [3.8, 4) is 0 Å². The highest BCUT2D eigenvalue weighted by Crippen LogP contribution is 2.44. The summed E-state index contributed by atoms with van der Waals surface area (Å²) in [6, 6.07) is 9.37. The molecule has 0 radical (unpaired) electrons. The van der Waals surface area contributed by atoms with Crippen LogP contribution in [0.25, 0.3) is 0 Å². The molecule has 3 heteroatoms. The van der Waals surface area contributed by atoms with Gasteiger partial charge in [0.2, 0.25) is 0 Å². The van der Waals surface area contributed by atoms with Crippen molar-refractivity contribution in [1.82, 2.24) is 0 Å². The van der Waals surface area contributed by atoms with Gasteiger partial charge in [-0.05, 0) is 50.7 Å². The molecule has 0 unspecified atom stereocenters. The van der Waals surface area contributed by atoms with Crippen molar-refractivity contribution in [2.24, 2.45) is 0 Å². The van der Waals surface area contributed by atoms with Crippen LogP contribution in [0.1, 0.15) is 38.5 Å². The second-order valence-electron chi connectivity index (χ2n) is 6.25. The molecule has 102 valence electrons. The summed E-state index contributed by atoms with van der Waals surface area (Å²) >= 11 is 0. The topological polar surface area (TPSA) is 26.7 Å². The monoisotopic (exact) mass is 258 g/mol. The van der Waals surface area contributed by atoms with Crippen molar-refractivity contribution < 1.29 is 5.11 Å². The van der Waals surface area contributed by atoms with Gasteiger partial charge in [0.15, 0.2) is 0 Å². The number of para-hydroxylation sites is 2. The predicted molar refractivity (Wildman–Crippen MR) is 77.6 cm³/mol. The van der Waals surface area contributed by atoms with Gasteiger partial charge >= 0.3 is 0 Å². The zero-order valence-electron chi connectivity index (χ0n) is 11.4. The molecule has 4 rings (SSSR count). The molecular weight excluding hydrogens is 236 g/mol. The smallest absolute Gasteiger partial charge is 0.138 e. The molecule has 2 saturated carbocycles. The van der Waals surface area contributed by atoms with E-state index in [1.807, 2.05) is 0 Å². The number of rotatable bonds is 2. The Hall–Kier alpha value is -1.22. The normalized spacial score (nSPS) is 25.5. The van der Waals surface area contributed by atoms with E-state index in [9.17, 15) is 5.11 Å². The van der Waals surface area contributed by atoms with Gasteiger partial charge in [-0.25, -0.2) is 0 Å². The summed E-state index contributed by atoms with van der Waals surface area (Å²) in [5.74, 6) is 0. The van der Waals surface area contributed by atoms with Crippen LogP contribution in [0.5, 0.6) is 0 Å². The fourth-order valence-corrected chi connectivity index (χ4v) is 3.79. The maximum atomic E-state index is 10.9. The molecule has 19 heavy (non-hydrogen) atoms. The zero-order chi connectivity index (χ0) is 12.9. The molecule has 1 aliphatic heterocycles. The largest absolute Gasteiger partial charge is 0.371 e. The minimum Gasteiger partial charge on any atom is -0.371 e. The van der Waals surface area contributed by atoms with Crippen molar-refractivity contribution in [2.45, 2.75) is 50.3 Å². The molecule has 0 spiro atoms. The van der Waals surface area contributed by atoms with E-state index >= 15 is 0 Å². The van der Waals surface area contributed by atoms with Gasteiger partial charge in [-0.3, -0.25) is 0 Å². The number of fused-ring (bicyclic) bond motifs is 1. The van der Waals surface area contributed by atoms with Crippen molar-refractivity contribution >= 4 is 11.4 Å². The van der Waals surface area contributed by atoms with Gasteiger partial charge in [-0.1, -0.05) is 12.1 Å². The van der Waals surface area contributed by atoms with Crippen LogP contribution in [0.4, 0.5) is 11.4 Å². The van der Waals surface area contributed by atoms with Crippen molar-refractivity contribution in [1.29, 1.82) is 0 Å². The highest BCUT2D eigenvalue weighted by Gasteiger charge is 2.42. The van der Waals surface area contributed by atoms with Gasteiger partial charge in [0.05, 0.1) is 11.4 Å². The first-order valence-corrected chi connectivity index (χ1v) is 7.64. The third-order valence-corrected chi connectivity index (χ3v) is 4.94. The molecule has 1 N–H and O–H groups in total. The Kier molecular flexibility index (Phi) is 2.52. The molecule has 3 aliphatic rings. The van der Waals surface area contributed by atoms with Gasteiger partial charge in [0.25, 0.3) is 0 Å². The Morgan fingerprint density at radius 1 is 1.00 bits per heavy atom. The lowest BCUT2D eigenvalue weighted by Crippen LogP contribution is -2.53. The van der Waals surface area contributed by atoms with Crippen molar-refractivity contribution in [2.75, 3.05) is 22.9 Å². The van der Waals surface area contributed by atoms with Crippen LogP contribution in [-0.4, -0.2) is 30.0 Å². The molecule has 0 amide bonds. The van der Waals surface area contributed by atoms with Crippen LogP contribution in [0, 0.1) is 0 Å². The third-order valence-electron chi connectivity index (χ3n) is 4.94. The molecule has 1 aromatic rings. The third kappa shape index (κ3) is 1.83. The first-order valence-electron chi connectivity index (χ1n) is 7.64. The lowest BCUT2D eigenvalue weighted by molar-refractivity contribution is 0.0432. The van der Waals surface area contributed by atoms with Crippen LogP contribution < -0.4 is 9.80 Å². The fourth-order valence-electron chi connectivity index (χ4n) is 3.79. The Bertz CT molecular complexity index is 477. The Balaban J connectivity index is 1.72. The number of anilines is 2. The lowest BCUT2D eigenvalue weighted by Gasteiger charge is -2.46. The molecule has 2 aliphatic carbocycles. The summed E-state index contributed by atoms with van der Waals surface area (Å²) in [5, 5.41) is 10.9. The van der Waals surface area contributed by atoms with Crippen LogP contribution in [0.15, 0.2) is 24.3 Å². The summed E-state index contributed by atoms with van der Waals surface area (Å²) in [4.78, 5) is 4.82. The molecule has 0 atom stereocenters. The van der Waals surface area contributed by atoms with Crippen LogP contribution in [-0.2, 0) is 0 Å². The Morgan fingerprint density at radius 3 is 2.37 bits per heavy atom. The summed E-state index contributed by atoms with van der Waals surface area (Å²) in [7, 11) is 0. The van der Waals surface area contributed by atoms with E-state index in [0.717, 1.165) is 44.8 Å². The summed E-state index contributed by atoms with van der Waals surface area (Å²) in [6.45, 7) is 2.02. The molecular formula is C16H22N2O. The Labute approximate surface area is 114 Å². The molecule has 2 fully saturated rings. The number of hydrogen-bond acceptors (Lipinski definition) is 3. The maximum Gasteiger partial charge on any atom is 0.138 e. The van der Waals surface area contributed by atoms with E-state index in [1.165, 1.54) is 24.2 Å². The molecule has 0 saturated heterocycles. The number of nitrogens with zero attached hydrogens (tertiary/aromatic N) is 2. The van der Waals surface area contributed by atoms with Crippen molar-refractivity contribution in [3.05, 3.63) is 24.3 Å². The lowest BCUT2D eigenvalue weighted by atomic mass is 10.1. The predicted octanol–water partition coefficient (Wildman–Crippen LogP) is 2.74. The Morgan fingerprint density at radius 2 is 1.68 bits per heavy atom. The molecule has 3 nitrogen and oxygen atoms in total. The van der Waals surface area contributed by atoms with Gasteiger partial charge in [-0.2, -0.15) is 0 Å².